The van der Waals surface area contributed by atoms with E-state index in [2.05, 4.69) is 9.97 Å². The standard InChI is InChI=1S/C15H9N3OS/c19-15-8-11(17-14-3-1-2-6-18(14)15)10-4-5-13-12(7-10)16-9-20-13/h1-9H. The Hall–Kier alpha value is -2.53. The van der Waals surface area contributed by atoms with Crippen LogP contribution in [0.1, 0.15) is 0 Å². The molecule has 0 saturated heterocycles. The Morgan fingerprint density at radius 2 is 2.05 bits per heavy atom. The first kappa shape index (κ1) is 11.3. The third-order valence-electron chi connectivity index (χ3n) is 3.20. The second kappa shape index (κ2) is 4.25. The van der Waals surface area contributed by atoms with E-state index in [1.54, 1.807) is 23.6 Å². The van der Waals surface area contributed by atoms with Gasteiger partial charge >= 0.3 is 0 Å². The molecule has 3 aromatic heterocycles. The fraction of sp³-hybridized carbons (Fsp3) is 0. The largest absolute Gasteiger partial charge is 0.269 e. The number of hydrogen-bond donors (Lipinski definition) is 0. The van der Waals surface area contributed by atoms with E-state index < -0.39 is 0 Å². The highest BCUT2D eigenvalue weighted by molar-refractivity contribution is 7.16. The molecule has 0 aliphatic carbocycles. The molecular formula is C15H9N3OS. The maximum Gasteiger partial charge on any atom is 0.258 e. The highest BCUT2D eigenvalue weighted by atomic mass is 32.1. The molecule has 5 heteroatoms. The van der Waals surface area contributed by atoms with E-state index in [1.165, 1.54) is 4.40 Å². The van der Waals surface area contributed by atoms with Gasteiger partial charge in [0, 0.05) is 17.8 Å². The Morgan fingerprint density at radius 1 is 1.10 bits per heavy atom. The third kappa shape index (κ3) is 1.71. The molecule has 0 aliphatic rings. The average molecular weight is 279 g/mol. The van der Waals surface area contributed by atoms with Gasteiger partial charge in [-0.3, -0.25) is 9.20 Å². The smallest absolute Gasteiger partial charge is 0.258 e. The van der Waals surface area contributed by atoms with Crippen LogP contribution in [0, 0.1) is 0 Å². The molecule has 0 aliphatic heterocycles. The molecule has 4 rings (SSSR count). The fourth-order valence-electron chi connectivity index (χ4n) is 2.22. The summed E-state index contributed by atoms with van der Waals surface area (Å²) in [7, 11) is 0. The minimum atomic E-state index is -0.0797. The predicted octanol–water partition coefficient (Wildman–Crippen LogP) is 2.97. The lowest BCUT2D eigenvalue weighted by Gasteiger charge is -2.04. The van der Waals surface area contributed by atoms with Crippen molar-refractivity contribution in [3.05, 3.63) is 64.5 Å². The Kier molecular flexibility index (Phi) is 2.40. The molecule has 0 fully saturated rings. The van der Waals surface area contributed by atoms with Crippen LogP contribution < -0.4 is 5.56 Å². The number of rotatable bonds is 1. The number of pyridine rings is 1. The zero-order valence-electron chi connectivity index (χ0n) is 10.4. The first-order valence-electron chi connectivity index (χ1n) is 6.13. The minimum Gasteiger partial charge on any atom is -0.269 e. The first-order chi connectivity index (χ1) is 9.81. The molecule has 1 aromatic carbocycles. The maximum absolute atomic E-state index is 12.1. The van der Waals surface area contributed by atoms with Crippen molar-refractivity contribution < 1.29 is 0 Å². The van der Waals surface area contributed by atoms with Crippen LogP contribution in [0.2, 0.25) is 0 Å². The molecule has 0 unspecified atom stereocenters. The molecule has 3 heterocycles. The van der Waals surface area contributed by atoms with Gasteiger partial charge < -0.3 is 0 Å². The fourth-order valence-corrected chi connectivity index (χ4v) is 2.88. The molecule has 0 spiro atoms. The van der Waals surface area contributed by atoms with Gasteiger partial charge in [-0.2, -0.15) is 0 Å². The summed E-state index contributed by atoms with van der Waals surface area (Å²) in [5.41, 5.74) is 4.90. The van der Waals surface area contributed by atoms with Crippen LogP contribution in [0.4, 0.5) is 0 Å². The summed E-state index contributed by atoms with van der Waals surface area (Å²) in [6, 6.07) is 13.0. The van der Waals surface area contributed by atoms with Crippen molar-refractivity contribution >= 4 is 27.2 Å². The van der Waals surface area contributed by atoms with E-state index >= 15 is 0 Å². The number of hydrogen-bond acceptors (Lipinski definition) is 4. The molecule has 4 aromatic rings. The Morgan fingerprint density at radius 3 is 3.00 bits per heavy atom. The monoisotopic (exact) mass is 279 g/mol. The van der Waals surface area contributed by atoms with Gasteiger partial charge in [0.15, 0.2) is 0 Å². The second-order valence-electron chi connectivity index (χ2n) is 4.44. The summed E-state index contributed by atoms with van der Waals surface area (Å²) < 4.78 is 2.66. The Balaban J connectivity index is 1.99. The molecule has 4 nitrogen and oxygen atoms in total. The van der Waals surface area contributed by atoms with E-state index in [0.717, 1.165) is 15.8 Å². The lowest BCUT2D eigenvalue weighted by molar-refractivity contribution is 1.05. The van der Waals surface area contributed by atoms with E-state index in [4.69, 9.17) is 0 Å². The van der Waals surface area contributed by atoms with Crippen molar-refractivity contribution in [2.24, 2.45) is 0 Å². The van der Waals surface area contributed by atoms with Crippen LogP contribution in [-0.2, 0) is 0 Å². The Bertz CT molecular complexity index is 987. The van der Waals surface area contributed by atoms with Gasteiger partial charge in [0.1, 0.15) is 5.65 Å². The molecule has 0 atom stereocenters. The number of aromatic nitrogens is 3. The zero-order chi connectivity index (χ0) is 13.5. The van der Waals surface area contributed by atoms with Crippen LogP contribution in [0.25, 0.3) is 27.1 Å². The first-order valence-corrected chi connectivity index (χ1v) is 7.01. The second-order valence-corrected chi connectivity index (χ2v) is 5.33. The van der Waals surface area contributed by atoms with Crippen LogP contribution >= 0.6 is 11.3 Å². The molecule has 0 bridgehead atoms. The number of nitrogens with zero attached hydrogens (tertiary/aromatic N) is 3. The van der Waals surface area contributed by atoms with E-state index in [1.807, 2.05) is 41.9 Å². The van der Waals surface area contributed by atoms with Gasteiger partial charge in [0.25, 0.3) is 5.56 Å². The lowest BCUT2D eigenvalue weighted by atomic mass is 10.1. The summed E-state index contributed by atoms with van der Waals surface area (Å²) in [5, 5.41) is 0. The van der Waals surface area contributed by atoms with Crippen LogP contribution in [0.5, 0.6) is 0 Å². The zero-order valence-corrected chi connectivity index (χ0v) is 11.2. The minimum absolute atomic E-state index is 0.0797. The molecule has 0 saturated carbocycles. The predicted molar refractivity (Wildman–Crippen MR) is 80.1 cm³/mol. The van der Waals surface area contributed by atoms with E-state index in [-0.39, 0.29) is 5.56 Å². The van der Waals surface area contributed by atoms with Crippen molar-refractivity contribution in [3.63, 3.8) is 0 Å². The number of thiazole rings is 1. The molecule has 0 amide bonds. The number of benzene rings is 1. The average Bonchev–Trinajstić information content (AvgIpc) is 2.94. The molecule has 0 radical (unpaired) electrons. The van der Waals surface area contributed by atoms with Gasteiger partial charge in [0.2, 0.25) is 0 Å². The van der Waals surface area contributed by atoms with Crippen molar-refractivity contribution in [1.29, 1.82) is 0 Å². The topological polar surface area (TPSA) is 47.3 Å². The van der Waals surface area contributed by atoms with Crippen molar-refractivity contribution in [3.8, 4) is 11.3 Å². The number of fused-ring (bicyclic) bond motifs is 2. The van der Waals surface area contributed by atoms with Gasteiger partial charge in [0.05, 0.1) is 21.4 Å². The van der Waals surface area contributed by atoms with Crippen molar-refractivity contribution in [2.75, 3.05) is 0 Å². The van der Waals surface area contributed by atoms with Crippen LogP contribution in [0.3, 0.4) is 0 Å². The highest BCUT2D eigenvalue weighted by Crippen LogP contribution is 2.24. The molecular weight excluding hydrogens is 270 g/mol. The van der Waals surface area contributed by atoms with Gasteiger partial charge in [-0.05, 0) is 24.3 Å². The quantitative estimate of drug-likeness (QED) is 0.538. The molecule has 96 valence electrons. The maximum atomic E-state index is 12.1. The summed E-state index contributed by atoms with van der Waals surface area (Å²) >= 11 is 1.60. The molecule has 20 heavy (non-hydrogen) atoms. The summed E-state index contributed by atoms with van der Waals surface area (Å²) in [5.74, 6) is 0. The molecule has 0 N–H and O–H groups in total. The van der Waals surface area contributed by atoms with Gasteiger partial charge in [-0.15, -0.1) is 11.3 Å². The van der Waals surface area contributed by atoms with Gasteiger partial charge in [-0.25, -0.2) is 9.97 Å². The van der Waals surface area contributed by atoms with Crippen LogP contribution in [-0.4, -0.2) is 14.4 Å². The van der Waals surface area contributed by atoms with Crippen molar-refractivity contribution in [2.45, 2.75) is 0 Å². The van der Waals surface area contributed by atoms with Crippen LogP contribution in [0.15, 0.2) is 59.0 Å². The SMILES string of the molecule is O=c1cc(-c2ccc3scnc3c2)nc2ccccn12. The van der Waals surface area contributed by atoms with E-state index in [9.17, 15) is 4.79 Å². The lowest BCUT2D eigenvalue weighted by Crippen LogP contribution is -2.13. The normalized spacial score (nSPS) is 11.2. The van der Waals surface area contributed by atoms with Gasteiger partial charge in [-0.1, -0.05) is 12.1 Å². The Labute approximate surface area is 118 Å². The van der Waals surface area contributed by atoms with E-state index in [0.29, 0.717) is 11.3 Å². The third-order valence-corrected chi connectivity index (χ3v) is 4.01. The summed E-state index contributed by atoms with van der Waals surface area (Å²) in [6.07, 6.45) is 1.72. The summed E-state index contributed by atoms with van der Waals surface area (Å²) in [4.78, 5) is 20.9. The highest BCUT2D eigenvalue weighted by Gasteiger charge is 2.06. The summed E-state index contributed by atoms with van der Waals surface area (Å²) in [6.45, 7) is 0. The van der Waals surface area contributed by atoms with Crippen molar-refractivity contribution in [1.82, 2.24) is 14.4 Å².